The number of ether oxygens (including phenoxy) is 1. The highest BCUT2D eigenvalue weighted by atomic mass is 19.2. The Morgan fingerprint density at radius 1 is 1.08 bits per heavy atom. The van der Waals surface area contributed by atoms with E-state index in [-0.39, 0.29) is 34.5 Å². The van der Waals surface area contributed by atoms with Crippen molar-refractivity contribution in [2.24, 2.45) is 0 Å². The lowest BCUT2D eigenvalue weighted by Gasteiger charge is -2.28. The maximum Gasteiger partial charge on any atom is 0.410 e. The standard InChI is InChI=1S/C29H26F2N2O5/c1-29(2,3)38-28(36)32-13-16-10-11-17-25(34)23-22(37-26(17)18(16)14-32)12-21(15-6-4-7-15)33(27(23)35)20-9-5-8-19(30)24(20)31/h5,8-12,15H,4,6-7,13-14H2,1-3H3. The Morgan fingerprint density at radius 3 is 2.53 bits per heavy atom. The molecule has 0 unspecified atom stereocenters. The van der Waals surface area contributed by atoms with Crippen LogP contribution in [0.2, 0.25) is 0 Å². The summed E-state index contributed by atoms with van der Waals surface area (Å²) >= 11 is 0. The molecule has 0 bridgehead atoms. The number of amides is 1. The third kappa shape index (κ3) is 3.79. The highest BCUT2D eigenvalue weighted by Gasteiger charge is 2.32. The molecule has 7 nitrogen and oxygen atoms in total. The summed E-state index contributed by atoms with van der Waals surface area (Å²) in [6, 6.07) is 8.55. The van der Waals surface area contributed by atoms with Crippen molar-refractivity contribution in [1.82, 2.24) is 9.47 Å². The highest BCUT2D eigenvalue weighted by Crippen LogP contribution is 2.39. The minimum atomic E-state index is -1.15. The van der Waals surface area contributed by atoms with Crippen molar-refractivity contribution in [3.63, 3.8) is 0 Å². The topological polar surface area (TPSA) is 81.8 Å². The minimum Gasteiger partial charge on any atom is -0.455 e. The average Bonchev–Trinajstić information content (AvgIpc) is 3.25. The van der Waals surface area contributed by atoms with E-state index in [0.29, 0.717) is 23.4 Å². The van der Waals surface area contributed by atoms with E-state index < -0.39 is 34.3 Å². The lowest BCUT2D eigenvalue weighted by atomic mass is 9.82. The maximum atomic E-state index is 14.9. The molecule has 38 heavy (non-hydrogen) atoms. The van der Waals surface area contributed by atoms with E-state index in [4.69, 9.17) is 9.15 Å². The van der Waals surface area contributed by atoms with Gasteiger partial charge in [0.05, 0.1) is 17.6 Å². The van der Waals surface area contributed by atoms with Crippen molar-refractivity contribution in [1.29, 1.82) is 0 Å². The van der Waals surface area contributed by atoms with Crippen LogP contribution in [0.4, 0.5) is 13.6 Å². The number of nitrogens with zero attached hydrogens (tertiary/aromatic N) is 2. The van der Waals surface area contributed by atoms with Gasteiger partial charge in [-0.2, -0.15) is 0 Å². The second-order valence-electron chi connectivity index (χ2n) is 11.0. The Balaban J connectivity index is 1.56. The molecule has 196 valence electrons. The third-order valence-electron chi connectivity index (χ3n) is 7.30. The van der Waals surface area contributed by atoms with Crippen molar-refractivity contribution < 1.29 is 22.7 Å². The lowest BCUT2D eigenvalue weighted by Crippen LogP contribution is -2.33. The van der Waals surface area contributed by atoms with Gasteiger partial charge in [-0.3, -0.25) is 19.1 Å². The molecule has 9 heteroatoms. The number of carbonyl (C=O) groups is 1. The zero-order valence-electron chi connectivity index (χ0n) is 21.3. The number of hydrogen-bond acceptors (Lipinski definition) is 5. The molecule has 0 saturated heterocycles. The fourth-order valence-corrected chi connectivity index (χ4v) is 5.25. The average molecular weight is 521 g/mol. The van der Waals surface area contributed by atoms with Gasteiger partial charge in [0.2, 0.25) is 5.43 Å². The summed E-state index contributed by atoms with van der Waals surface area (Å²) in [5.41, 5.74) is 0.166. The van der Waals surface area contributed by atoms with Crippen LogP contribution >= 0.6 is 0 Å². The number of carbonyl (C=O) groups excluding carboxylic acids is 1. The summed E-state index contributed by atoms with van der Waals surface area (Å²) < 4.78 is 41.8. The van der Waals surface area contributed by atoms with Crippen LogP contribution in [0, 0.1) is 11.6 Å². The van der Waals surface area contributed by atoms with Crippen LogP contribution in [0.5, 0.6) is 0 Å². The van der Waals surface area contributed by atoms with E-state index in [9.17, 15) is 23.2 Å². The number of benzene rings is 2. The van der Waals surface area contributed by atoms with Gasteiger partial charge in [0.15, 0.2) is 11.6 Å². The maximum absolute atomic E-state index is 14.9. The molecule has 0 radical (unpaired) electrons. The Hall–Kier alpha value is -4.01. The van der Waals surface area contributed by atoms with Crippen LogP contribution in [0.1, 0.15) is 62.8 Å². The van der Waals surface area contributed by atoms with E-state index in [1.165, 1.54) is 17.0 Å². The minimum absolute atomic E-state index is 0.0556. The fraction of sp³-hybridized carbons (Fsp3) is 0.345. The first-order valence-corrected chi connectivity index (χ1v) is 12.6. The molecule has 2 aliphatic rings. The molecule has 1 saturated carbocycles. The zero-order chi connectivity index (χ0) is 26.9. The van der Waals surface area contributed by atoms with Gasteiger partial charge in [0.1, 0.15) is 22.2 Å². The molecular formula is C29H26F2N2O5. The van der Waals surface area contributed by atoms with E-state index in [2.05, 4.69) is 0 Å². The van der Waals surface area contributed by atoms with Crippen LogP contribution in [0.3, 0.4) is 0 Å². The molecule has 0 N–H and O–H groups in total. The Bertz CT molecular complexity index is 1760. The molecule has 1 aliphatic heterocycles. The van der Waals surface area contributed by atoms with Crippen LogP contribution in [-0.4, -0.2) is 21.2 Å². The summed E-state index contributed by atoms with van der Waals surface area (Å²) in [5.74, 6) is -2.29. The lowest BCUT2D eigenvalue weighted by molar-refractivity contribution is 0.0242. The summed E-state index contributed by atoms with van der Waals surface area (Å²) in [6.07, 6.45) is 2.02. The molecule has 0 spiro atoms. The number of halogens is 2. The Morgan fingerprint density at radius 2 is 1.84 bits per heavy atom. The molecule has 4 aromatic rings. The second kappa shape index (κ2) is 8.51. The van der Waals surface area contributed by atoms with Gasteiger partial charge in [-0.25, -0.2) is 13.6 Å². The molecule has 3 heterocycles. The third-order valence-corrected chi connectivity index (χ3v) is 7.30. The van der Waals surface area contributed by atoms with E-state index >= 15 is 0 Å². The molecular weight excluding hydrogens is 494 g/mol. The second-order valence-corrected chi connectivity index (χ2v) is 11.0. The number of hydrogen-bond donors (Lipinski definition) is 0. The summed E-state index contributed by atoms with van der Waals surface area (Å²) in [5, 5.41) is -0.0479. The Kier molecular flexibility index (Phi) is 5.45. The van der Waals surface area contributed by atoms with Gasteiger partial charge in [-0.1, -0.05) is 18.6 Å². The first-order chi connectivity index (χ1) is 18.0. The largest absolute Gasteiger partial charge is 0.455 e. The SMILES string of the molecule is CC(C)(C)OC(=O)N1Cc2ccc3c(=O)c4c(=O)n(-c5cccc(F)c5F)c(C5CCC5)cc4oc3c2C1. The molecule has 1 amide bonds. The van der Waals surface area contributed by atoms with E-state index in [0.717, 1.165) is 35.5 Å². The van der Waals surface area contributed by atoms with Gasteiger partial charge in [-0.05, 0) is 63.3 Å². The Labute approximate surface area is 216 Å². The van der Waals surface area contributed by atoms with E-state index in [1.54, 1.807) is 39.0 Å². The quantitative estimate of drug-likeness (QED) is 0.308. The van der Waals surface area contributed by atoms with Gasteiger partial charge < -0.3 is 9.15 Å². The van der Waals surface area contributed by atoms with Crippen molar-refractivity contribution in [2.75, 3.05) is 0 Å². The van der Waals surface area contributed by atoms with Gasteiger partial charge in [0.25, 0.3) is 5.56 Å². The van der Waals surface area contributed by atoms with Gasteiger partial charge in [-0.15, -0.1) is 0 Å². The molecule has 2 aromatic carbocycles. The summed E-state index contributed by atoms with van der Waals surface area (Å²) in [4.78, 5) is 41.7. The predicted molar refractivity (Wildman–Crippen MR) is 138 cm³/mol. The van der Waals surface area contributed by atoms with Gasteiger partial charge >= 0.3 is 6.09 Å². The smallest absolute Gasteiger partial charge is 0.410 e. The van der Waals surface area contributed by atoms with Crippen molar-refractivity contribution in [3.8, 4) is 5.69 Å². The van der Waals surface area contributed by atoms with Crippen LogP contribution < -0.4 is 11.0 Å². The first kappa shape index (κ1) is 24.3. The van der Waals surface area contributed by atoms with Crippen LogP contribution in [0.15, 0.2) is 50.4 Å². The molecule has 1 fully saturated rings. The molecule has 0 atom stereocenters. The molecule has 6 rings (SSSR count). The fourth-order valence-electron chi connectivity index (χ4n) is 5.25. The number of rotatable bonds is 2. The van der Waals surface area contributed by atoms with Crippen molar-refractivity contribution >= 4 is 28.0 Å². The highest BCUT2D eigenvalue weighted by molar-refractivity contribution is 5.92. The van der Waals surface area contributed by atoms with Crippen LogP contribution in [-0.2, 0) is 17.8 Å². The summed E-state index contributed by atoms with van der Waals surface area (Å²) in [6.45, 7) is 5.86. The molecule has 1 aliphatic carbocycles. The van der Waals surface area contributed by atoms with Gasteiger partial charge in [0, 0.05) is 23.9 Å². The zero-order valence-corrected chi connectivity index (χ0v) is 21.3. The first-order valence-electron chi connectivity index (χ1n) is 12.6. The van der Waals surface area contributed by atoms with E-state index in [1.807, 2.05) is 0 Å². The normalized spacial score (nSPS) is 15.7. The number of pyridine rings is 1. The van der Waals surface area contributed by atoms with Crippen molar-refractivity contribution in [3.05, 3.63) is 85.4 Å². The summed E-state index contributed by atoms with van der Waals surface area (Å²) in [7, 11) is 0. The number of aromatic nitrogens is 1. The molecule has 2 aromatic heterocycles. The van der Waals surface area contributed by atoms with Crippen molar-refractivity contribution in [2.45, 2.75) is 64.6 Å². The number of fused-ring (bicyclic) bond motifs is 4. The monoisotopic (exact) mass is 520 g/mol. The predicted octanol–water partition coefficient (Wildman–Crippen LogP) is 5.89. The van der Waals surface area contributed by atoms with Crippen LogP contribution in [0.25, 0.3) is 27.6 Å².